The SMILES string of the molecule is Cc1nc(C)c(-c2nnnn2CC2(C(=O)O)CCC2)s1. The summed E-state index contributed by atoms with van der Waals surface area (Å²) >= 11 is 1.52. The van der Waals surface area contributed by atoms with Gasteiger partial charge in [0.15, 0.2) is 5.82 Å². The van der Waals surface area contributed by atoms with Crippen LogP contribution in [-0.4, -0.2) is 36.3 Å². The van der Waals surface area contributed by atoms with Crippen LogP contribution in [0.3, 0.4) is 0 Å². The Morgan fingerprint density at radius 2 is 2.20 bits per heavy atom. The molecule has 0 aromatic carbocycles. The van der Waals surface area contributed by atoms with Gasteiger partial charge in [-0.2, -0.15) is 0 Å². The molecular formula is C12H15N5O2S. The summed E-state index contributed by atoms with van der Waals surface area (Å²) in [5.41, 5.74) is 0.166. The first kappa shape index (κ1) is 13.2. The molecule has 2 aromatic rings. The van der Waals surface area contributed by atoms with Crippen LogP contribution in [0.15, 0.2) is 0 Å². The van der Waals surface area contributed by atoms with Gasteiger partial charge < -0.3 is 5.11 Å². The number of thiazole rings is 1. The first-order chi connectivity index (χ1) is 9.52. The predicted molar refractivity (Wildman–Crippen MR) is 72.3 cm³/mol. The number of carbonyl (C=O) groups is 1. The first-order valence-electron chi connectivity index (χ1n) is 6.46. The van der Waals surface area contributed by atoms with E-state index < -0.39 is 11.4 Å². The second-order valence-corrected chi connectivity index (χ2v) is 6.45. The summed E-state index contributed by atoms with van der Waals surface area (Å²) < 4.78 is 1.60. The molecular weight excluding hydrogens is 278 g/mol. The van der Waals surface area contributed by atoms with Gasteiger partial charge in [0.25, 0.3) is 0 Å². The molecule has 106 valence electrons. The zero-order chi connectivity index (χ0) is 14.3. The highest BCUT2D eigenvalue weighted by molar-refractivity contribution is 7.15. The Morgan fingerprint density at radius 3 is 2.70 bits per heavy atom. The number of carboxylic acids is 1. The number of carboxylic acid groups (broad SMARTS) is 1. The van der Waals surface area contributed by atoms with Crippen molar-refractivity contribution in [3.8, 4) is 10.7 Å². The fourth-order valence-electron chi connectivity index (χ4n) is 2.54. The van der Waals surface area contributed by atoms with Gasteiger partial charge >= 0.3 is 5.97 Å². The van der Waals surface area contributed by atoms with Crippen LogP contribution in [0.5, 0.6) is 0 Å². The van der Waals surface area contributed by atoms with Crippen molar-refractivity contribution in [2.75, 3.05) is 0 Å². The molecule has 8 heteroatoms. The molecule has 0 radical (unpaired) electrons. The smallest absolute Gasteiger partial charge is 0.311 e. The van der Waals surface area contributed by atoms with Crippen molar-refractivity contribution in [2.24, 2.45) is 5.41 Å². The maximum Gasteiger partial charge on any atom is 0.311 e. The van der Waals surface area contributed by atoms with Crippen molar-refractivity contribution >= 4 is 17.3 Å². The van der Waals surface area contributed by atoms with Crippen molar-refractivity contribution < 1.29 is 9.90 Å². The van der Waals surface area contributed by atoms with Gasteiger partial charge in [-0.25, -0.2) is 9.67 Å². The third kappa shape index (κ3) is 2.00. The molecule has 0 unspecified atom stereocenters. The highest BCUT2D eigenvalue weighted by Crippen LogP contribution is 2.43. The van der Waals surface area contributed by atoms with E-state index in [0.29, 0.717) is 25.2 Å². The molecule has 1 saturated carbocycles. The lowest BCUT2D eigenvalue weighted by atomic mass is 9.69. The van der Waals surface area contributed by atoms with Gasteiger partial charge in [0.1, 0.15) is 0 Å². The Hall–Kier alpha value is -1.83. The van der Waals surface area contributed by atoms with Gasteiger partial charge in [-0.15, -0.1) is 16.4 Å². The number of aromatic nitrogens is 5. The van der Waals surface area contributed by atoms with Crippen LogP contribution in [0.25, 0.3) is 10.7 Å². The Kier molecular flexibility index (Phi) is 3.04. The van der Waals surface area contributed by atoms with Gasteiger partial charge in [0.05, 0.1) is 27.5 Å². The molecule has 1 N–H and O–H groups in total. The summed E-state index contributed by atoms with van der Waals surface area (Å²) in [6.45, 7) is 4.16. The van der Waals surface area contributed by atoms with E-state index >= 15 is 0 Å². The minimum absolute atomic E-state index is 0.320. The van der Waals surface area contributed by atoms with Crippen molar-refractivity contribution in [2.45, 2.75) is 39.7 Å². The van der Waals surface area contributed by atoms with Crippen LogP contribution in [0, 0.1) is 19.3 Å². The van der Waals surface area contributed by atoms with Crippen molar-refractivity contribution in [1.29, 1.82) is 0 Å². The highest BCUT2D eigenvalue weighted by atomic mass is 32.1. The van der Waals surface area contributed by atoms with E-state index in [0.717, 1.165) is 22.0 Å². The Labute approximate surface area is 119 Å². The molecule has 0 atom stereocenters. The molecule has 0 amide bonds. The topological polar surface area (TPSA) is 93.8 Å². The van der Waals surface area contributed by atoms with Crippen molar-refractivity contribution in [3.63, 3.8) is 0 Å². The normalized spacial score (nSPS) is 16.9. The number of aryl methyl sites for hydroxylation is 2. The molecule has 7 nitrogen and oxygen atoms in total. The first-order valence-corrected chi connectivity index (χ1v) is 7.27. The maximum atomic E-state index is 11.5. The van der Waals surface area contributed by atoms with E-state index in [1.54, 1.807) is 4.68 Å². The molecule has 3 rings (SSSR count). The second kappa shape index (κ2) is 4.62. The second-order valence-electron chi connectivity index (χ2n) is 5.25. The fraction of sp³-hybridized carbons (Fsp3) is 0.583. The Morgan fingerprint density at radius 1 is 1.45 bits per heavy atom. The van der Waals surface area contributed by atoms with Crippen LogP contribution in [0.1, 0.15) is 30.0 Å². The average molecular weight is 293 g/mol. The number of aliphatic carboxylic acids is 1. The monoisotopic (exact) mass is 293 g/mol. The highest BCUT2D eigenvalue weighted by Gasteiger charge is 2.45. The summed E-state index contributed by atoms with van der Waals surface area (Å²) in [5.74, 6) is -0.150. The minimum atomic E-state index is -0.762. The maximum absolute atomic E-state index is 11.5. The molecule has 0 aliphatic heterocycles. The zero-order valence-corrected chi connectivity index (χ0v) is 12.1. The summed E-state index contributed by atoms with van der Waals surface area (Å²) in [7, 11) is 0. The quantitative estimate of drug-likeness (QED) is 0.921. The van der Waals surface area contributed by atoms with Crippen molar-refractivity contribution in [3.05, 3.63) is 10.7 Å². The predicted octanol–water partition coefficient (Wildman–Crippen LogP) is 1.67. The molecule has 0 bridgehead atoms. The Balaban J connectivity index is 1.95. The largest absolute Gasteiger partial charge is 0.481 e. The van der Waals surface area contributed by atoms with Gasteiger partial charge in [-0.3, -0.25) is 4.79 Å². The summed E-state index contributed by atoms with van der Waals surface area (Å²) in [6, 6.07) is 0. The standard InChI is InChI=1S/C12H15N5O2S/c1-7-9(20-8(2)13-7)10-14-15-16-17(10)6-12(11(18)19)4-3-5-12/h3-6H2,1-2H3,(H,18,19). The van der Waals surface area contributed by atoms with Gasteiger partial charge in [-0.1, -0.05) is 6.42 Å². The lowest BCUT2D eigenvalue weighted by Crippen LogP contribution is -2.42. The van der Waals surface area contributed by atoms with Crippen LogP contribution in [0.2, 0.25) is 0 Å². The van der Waals surface area contributed by atoms with Gasteiger partial charge in [0.2, 0.25) is 0 Å². The Bertz CT molecular complexity index is 659. The molecule has 2 aromatic heterocycles. The molecule has 0 saturated heterocycles. The van der Waals surface area contributed by atoms with Crippen LogP contribution >= 0.6 is 11.3 Å². The van der Waals surface area contributed by atoms with E-state index in [2.05, 4.69) is 20.5 Å². The molecule has 2 heterocycles. The van der Waals surface area contributed by atoms with E-state index in [-0.39, 0.29) is 0 Å². The molecule has 1 aliphatic carbocycles. The summed E-state index contributed by atoms with van der Waals surface area (Å²) in [5, 5.41) is 22.1. The number of hydrogen-bond acceptors (Lipinski definition) is 6. The third-order valence-corrected chi connectivity index (χ3v) is 4.92. The van der Waals surface area contributed by atoms with E-state index in [4.69, 9.17) is 0 Å². The molecule has 1 fully saturated rings. The number of rotatable bonds is 4. The van der Waals surface area contributed by atoms with Gasteiger partial charge in [0, 0.05) is 0 Å². The third-order valence-electron chi connectivity index (χ3n) is 3.86. The molecule has 1 aliphatic rings. The van der Waals surface area contributed by atoms with Crippen LogP contribution in [-0.2, 0) is 11.3 Å². The summed E-state index contributed by atoms with van der Waals surface area (Å²) in [4.78, 5) is 16.7. The number of hydrogen-bond donors (Lipinski definition) is 1. The lowest BCUT2D eigenvalue weighted by molar-refractivity contribution is -0.156. The van der Waals surface area contributed by atoms with Crippen LogP contribution < -0.4 is 0 Å². The fourth-order valence-corrected chi connectivity index (χ4v) is 3.45. The van der Waals surface area contributed by atoms with E-state index in [1.807, 2.05) is 13.8 Å². The average Bonchev–Trinajstić information content (AvgIpc) is 2.89. The number of nitrogens with zero attached hydrogens (tertiary/aromatic N) is 5. The van der Waals surface area contributed by atoms with Gasteiger partial charge in [-0.05, 0) is 37.1 Å². The number of tetrazole rings is 1. The molecule has 20 heavy (non-hydrogen) atoms. The van der Waals surface area contributed by atoms with Crippen molar-refractivity contribution in [1.82, 2.24) is 25.2 Å². The minimum Gasteiger partial charge on any atom is -0.481 e. The lowest BCUT2D eigenvalue weighted by Gasteiger charge is -2.37. The van der Waals surface area contributed by atoms with E-state index in [1.165, 1.54) is 11.3 Å². The molecule has 0 spiro atoms. The van der Waals surface area contributed by atoms with E-state index in [9.17, 15) is 9.90 Å². The summed E-state index contributed by atoms with van der Waals surface area (Å²) in [6.07, 6.45) is 2.31. The zero-order valence-electron chi connectivity index (χ0n) is 11.3. The van der Waals surface area contributed by atoms with Crippen LogP contribution in [0.4, 0.5) is 0 Å².